The zero-order valence-corrected chi connectivity index (χ0v) is 13.0. The van der Waals surface area contributed by atoms with E-state index in [9.17, 15) is 5.11 Å². The SMILES string of the molecule is COCCC(C)(O)CNc1nc(C(C)C)nc(N)c1C. The molecule has 1 heterocycles. The third kappa shape index (κ3) is 4.61. The highest BCUT2D eigenvalue weighted by atomic mass is 16.5. The molecule has 1 atom stereocenters. The van der Waals surface area contributed by atoms with Crippen molar-refractivity contribution in [1.29, 1.82) is 0 Å². The highest BCUT2D eigenvalue weighted by Gasteiger charge is 2.21. The van der Waals surface area contributed by atoms with Gasteiger partial charge in [0, 0.05) is 38.2 Å². The highest BCUT2D eigenvalue weighted by molar-refractivity contribution is 5.55. The number of aromatic nitrogens is 2. The summed E-state index contributed by atoms with van der Waals surface area (Å²) in [7, 11) is 1.62. The van der Waals surface area contributed by atoms with Gasteiger partial charge in [-0.05, 0) is 13.8 Å². The van der Waals surface area contributed by atoms with Crippen molar-refractivity contribution in [3.8, 4) is 0 Å². The van der Waals surface area contributed by atoms with Gasteiger partial charge in [-0.3, -0.25) is 0 Å². The van der Waals surface area contributed by atoms with Crippen molar-refractivity contribution >= 4 is 11.6 Å². The lowest BCUT2D eigenvalue weighted by Crippen LogP contribution is -2.35. The summed E-state index contributed by atoms with van der Waals surface area (Å²) in [4.78, 5) is 8.74. The molecule has 4 N–H and O–H groups in total. The van der Waals surface area contributed by atoms with E-state index < -0.39 is 5.60 Å². The largest absolute Gasteiger partial charge is 0.388 e. The van der Waals surface area contributed by atoms with Crippen LogP contribution in [0.25, 0.3) is 0 Å². The van der Waals surface area contributed by atoms with Gasteiger partial charge in [-0.15, -0.1) is 0 Å². The Bertz CT molecular complexity index is 447. The van der Waals surface area contributed by atoms with Crippen molar-refractivity contribution in [1.82, 2.24) is 9.97 Å². The quantitative estimate of drug-likeness (QED) is 0.704. The van der Waals surface area contributed by atoms with E-state index in [1.807, 2.05) is 20.8 Å². The van der Waals surface area contributed by atoms with Crippen LogP contribution in [0.5, 0.6) is 0 Å². The second-order valence-electron chi connectivity index (χ2n) is 5.69. The number of hydrogen-bond donors (Lipinski definition) is 3. The third-order valence-corrected chi connectivity index (χ3v) is 3.20. The number of methoxy groups -OCH3 is 1. The molecule has 0 fully saturated rings. The summed E-state index contributed by atoms with van der Waals surface area (Å²) in [5, 5.41) is 13.4. The van der Waals surface area contributed by atoms with Crippen LogP contribution in [0.4, 0.5) is 11.6 Å². The second-order valence-corrected chi connectivity index (χ2v) is 5.69. The molecule has 0 saturated heterocycles. The van der Waals surface area contributed by atoms with E-state index in [0.29, 0.717) is 37.0 Å². The maximum atomic E-state index is 10.2. The Hall–Kier alpha value is -1.40. The summed E-state index contributed by atoms with van der Waals surface area (Å²) < 4.78 is 4.99. The van der Waals surface area contributed by atoms with Crippen molar-refractivity contribution in [2.24, 2.45) is 0 Å². The van der Waals surface area contributed by atoms with Gasteiger partial charge in [-0.1, -0.05) is 13.8 Å². The van der Waals surface area contributed by atoms with E-state index in [4.69, 9.17) is 10.5 Å². The highest BCUT2D eigenvalue weighted by Crippen LogP contribution is 2.22. The van der Waals surface area contributed by atoms with E-state index in [1.54, 1.807) is 14.0 Å². The molecule has 0 saturated carbocycles. The maximum absolute atomic E-state index is 10.2. The van der Waals surface area contributed by atoms with Gasteiger partial charge < -0.3 is 20.9 Å². The van der Waals surface area contributed by atoms with Gasteiger partial charge in [-0.25, -0.2) is 9.97 Å². The number of nitrogen functional groups attached to an aromatic ring is 1. The van der Waals surface area contributed by atoms with Crippen LogP contribution in [0.15, 0.2) is 0 Å². The van der Waals surface area contributed by atoms with E-state index in [2.05, 4.69) is 15.3 Å². The molecule has 1 unspecified atom stereocenters. The number of aliphatic hydroxyl groups is 1. The second kappa shape index (κ2) is 6.85. The molecule has 0 amide bonds. The summed E-state index contributed by atoms with van der Waals surface area (Å²) >= 11 is 0. The van der Waals surface area contributed by atoms with Crippen LogP contribution in [0.2, 0.25) is 0 Å². The Balaban J connectivity index is 2.81. The summed E-state index contributed by atoms with van der Waals surface area (Å²) in [5.41, 5.74) is 5.85. The summed E-state index contributed by atoms with van der Waals surface area (Å²) in [6.07, 6.45) is 0.549. The van der Waals surface area contributed by atoms with Gasteiger partial charge in [0.2, 0.25) is 0 Å². The summed E-state index contributed by atoms with van der Waals surface area (Å²) in [5.74, 6) is 2.06. The Morgan fingerprint density at radius 1 is 1.40 bits per heavy atom. The van der Waals surface area contributed by atoms with Crippen LogP contribution in [0.1, 0.15) is 44.5 Å². The third-order valence-electron chi connectivity index (χ3n) is 3.20. The molecule has 6 nitrogen and oxygen atoms in total. The van der Waals surface area contributed by atoms with Crippen molar-refractivity contribution in [3.63, 3.8) is 0 Å². The molecule has 0 aliphatic heterocycles. The van der Waals surface area contributed by atoms with Gasteiger partial charge in [-0.2, -0.15) is 0 Å². The minimum absolute atomic E-state index is 0.201. The molecule has 6 heteroatoms. The molecule has 0 spiro atoms. The predicted molar refractivity (Wildman–Crippen MR) is 80.9 cm³/mol. The summed E-state index contributed by atoms with van der Waals surface area (Å²) in [6, 6.07) is 0. The number of rotatable bonds is 7. The van der Waals surface area contributed by atoms with Crippen LogP contribution in [0.3, 0.4) is 0 Å². The molecule has 20 heavy (non-hydrogen) atoms. The zero-order chi connectivity index (χ0) is 15.3. The van der Waals surface area contributed by atoms with E-state index in [1.165, 1.54) is 0 Å². The topological polar surface area (TPSA) is 93.3 Å². The lowest BCUT2D eigenvalue weighted by Gasteiger charge is -2.24. The molecular formula is C14H26N4O2. The Labute approximate surface area is 120 Å². The molecule has 0 bridgehead atoms. The monoisotopic (exact) mass is 282 g/mol. The van der Waals surface area contributed by atoms with Gasteiger partial charge >= 0.3 is 0 Å². The first-order valence-electron chi connectivity index (χ1n) is 6.86. The van der Waals surface area contributed by atoms with E-state index >= 15 is 0 Å². The fraction of sp³-hybridized carbons (Fsp3) is 0.714. The van der Waals surface area contributed by atoms with E-state index in [-0.39, 0.29) is 5.92 Å². The maximum Gasteiger partial charge on any atom is 0.135 e. The van der Waals surface area contributed by atoms with Gasteiger partial charge in [0.25, 0.3) is 0 Å². The van der Waals surface area contributed by atoms with Crippen molar-refractivity contribution < 1.29 is 9.84 Å². The lowest BCUT2D eigenvalue weighted by molar-refractivity contribution is 0.0357. The first-order valence-corrected chi connectivity index (χ1v) is 6.86. The van der Waals surface area contributed by atoms with Crippen molar-refractivity contribution in [3.05, 3.63) is 11.4 Å². The van der Waals surface area contributed by atoms with Crippen LogP contribution in [0, 0.1) is 6.92 Å². The minimum Gasteiger partial charge on any atom is -0.388 e. The smallest absolute Gasteiger partial charge is 0.135 e. The number of hydrogen-bond acceptors (Lipinski definition) is 6. The molecule has 0 aromatic carbocycles. The van der Waals surface area contributed by atoms with Gasteiger partial charge in [0.1, 0.15) is 17.5 Å². The number of nitrogens with one attached hydrogen (secondary N) is 1. The zero-order valence-electron chi connectivity index (χ0n) is 13.0. The average molecular weight is 282 g/mol. The molecule has 1 aromatic rings. The molecule has 1 aromatic heterocycles. The Morgan fingerprint density at radius 2 is 2.05 bits per heavy atom. The predicted octanol–water partition coefficient (Wildman–Crippen LogP) is 1.69. The Morgan fingerprint density at radius 3 is 2.60 bits per heavy atom. The van der Waals surface area contributed by atoms with Crippen LogP contribution >= 0.6 is 0 Å². The van der Waals surface area contributed by atoms with Gasteiger partial charge in [0.05, 0.1) is 5.60 Å². The lowest BCUT2D eigenvalue weighted by atomic mass is 10.0. The normalized spacial score (nSPS) is 14.3. The molecule has 1 rings (SSSR count). The van der Waals surface area contributed by atoms with Crippen LogP contribution in [-0.4, -0.2) is 40.9 Å². The fourth-order valence-corrected chi connectivity index (χ4v) is 1.67. The molecule has 0 aliphatic rings. The van der Waals surface area contributed by atoms with Crippen molar-refractivity contribution in [2.45, 2.75) is 45.6 Å². The van der Waals surface area contributed by atoms with Crippen molar-refractivity contribution in [2.75, 3.05) is 31.3 Å². The molecule has 114 valence electrons. The number of nitrogens with two attached hydrogens (primary N) is 1. The molecular weight excluding hydrogens is 256 g/mol. The average Bonchev–Trinajstić information content (AvgIpc) is 2.37. The number of ether oxygens (including phenoxy) is 1. The van der Waals surface area contributed by atoms with E-state index in [0.717, 1.165) is 5.56 Å². The number of anilines is 2. The van der Waals surface area contributed by atoms with Gasteiger partial charge in [0.15, 0.2) is 0 Å². The standard InChI is InChI=1S/C14H26N4O2/c1-9(2)12-17-11(15)10(3)13(18-12)16-8-14(4,19)6-7-20-5/h9,19H,6-8H2,1-5H3,(H3,15,16,17,18). The minimum atomic E-state index is -0.861. The Kier molecular flexibility index (Phi) is 5.71. The fourth-order valence-electron chi connectivity index (χ4n) is 1.67. The number of nitrogens with zero attached hydrogens (tertiary/aromatic N) is 2. The van der Waals surface area contributed by atoms with Crippen LogP contribution in [-0.2, 0) is 4.74 Å². The molecule has 0 aliphatic carbocycles. The first kappa shape index (κ1) is 16.7. The van der Waals surface area contributed by atoms with Crippen LogP contribution < -0.4 is 11.1 Å². The first-order chi connectivity index (χ1) is 9.26. The molecule has 0 radical (unpaired) electrons. The summed E-state index contributed by atoms with van der Waals surface area (Å²) in [6.45, 7) is 8.56.